The second-order valence-corrected chi connectivity index (χ2v) is 8.25. The third-order valence-corrected chi connectivity index (χ3v) is 5.33. The second kappa shape index (κ2) is 9.21. The average molecular weight is 426 g/mol. The maximum atomic E-state index is 12.1. The molecule has 0 saturated carbocycles. The highest BCUT2D eigenvalue weighted by atomic mass is 32.2. The standard InChI is InChI=1S/C22H23N3O4S/c1-14(2)12-23-20(26)16-5-3-15(4-6-16)13-30-22-25-24-21(29-22)17-7-8-18-19(11-17)28-10-9-27-18/h3-8,11,14H,9-10,12-13H2,1-2H3,(H,23,26). The molecule has 1 aliphatic rings. The number of carbonyl (C=O) groups excluding carboxylic acids is 1. The molecule has 2 aromatic carbocycles. The van der Waals surface area contributed by atoms with E-state index in [4.69, 9.17) is 13.9 Å². The number of thioether (sulfide) groups is 1. The van der Waals surface area contributed by atoms with Crippen molar-refractivity contribution in [2.75, 3.05) is 19.8 Å². The molecular formula is C22H23N3O4S. The molecule has 0 spiro atoms. The van der Waals surface area contributed by atoms with E-state index in [0.29, 0.717) is 53.9 Å². The molecule has 8 heteroatoms. The highest BCUT2D eigenvalue weighted by Crippen LogP contribution is 2.35. The summed E-state index contributed by atoms with van der Waals surface area (Å²) in [5.41, 5.74) is 2.51. The highest BCUT2D eigenvalue weighted by Gasteiger charge is 2.16. The van der Waals surface area contributed by atoms with Gasteiger partial charge in [-0.15, -0.1) is 10.2 Å². The highest BCUT2D eigenvalue weighted by molar-refractivity contribution is 7.98. The molecular weight excluding hydrogens is 402 g/mol. The van der Waals surface area contributed by atoms with Gasteiger partial charge in [0.2, 0.25) is 5.89 Å². The summed E-state index contributed by atoms with van der Waals surface area (Å²) in [6.07, 6.45) is 0. The van der Waals surface area contributed by atoms with Crippen LogP contribution in [0.25, 0.3) is 11.5 Å². The quantitative estimate of drug-likeness (QED) is 0.568. The van der Waals surface area contributed by atoms with Gasteiger partial charge in [-0.05, 0) is 41.8 Å². The van der Waals surface area contributed by atoms with E-state index in [2.05, 4.69) is 29.4 Å². The number of aromatic nitrogens is 2. The Labute approximate surface area is 179 Å². The SMILES string of the molecule is CC(C)CNC(=O)c1ccc(CSc2nnc(-c3ccc4c(c3)OCCO4)o2)cc1. The fraction of sp³-hybridized carbons (Fsp3) is 0.318. The monoisotopic (exact) mass is 425 g/mol. The van der Waals surface area contributed by atoms with Gasteiger partial charge in [-0.1, -0.05) is 37.7 Å². The van der Waals surface area contributed by atoms with E-state index in [9.17, 15) is 4.79 Å². The minimum Gasteiger partial charge on any atom is -0.486 e. The summed E-state index contributed by atoms with van der Waals surface area (Å²) in [6, 6.07) is 13.1. The lowest BCUT2D eigenvalue weighted by molar-refractivity contribution is 0.0949. The van der Waals surface area contributed by atoms with E-state index in [1.54, 1.807) is 0 Å². The van der Waals surface area contributed by atoms with Crippen molar-refractivity contribution in [2.24, 2.45) is 5.92 Å². The van der Waals surface area contributed by atoms with Gasteiger partial charge >= 0.3 is 0 Å². The van der Waals surface area contributed by atoms with Gasteiger partial charge in [-0.25, -0.2) is 0 Å². The molecule has 2 heterocycles. The zero-order chi connectivity index (χ0) is 20.9. The zero-order valence-electron chi connectivity index (χ0n) is 16.9. The van der Waals surface area contributed by atoms with Gasteiger partial charge < -0.3 is 19.2 Å². The summed E-state index contributed by atoms with van der Waals surface area (Å²) in [4.78, 5) is 12.1. The largest absolute Gasteiger partial charge is 0.486 e. The zero-order valence-corrected chi connectivity index (χ0v) is 17.7. The number of carbonyl (C=O) groups is 1. The molecule has 0 fully saturated rings. The molecule has 0 saturated heterocycles. The normalized spacial score (nSPS) is 12.8. The fourth-order valence-electron chi connectivity index (χ4n) is 2.86. The Morgan fingerprint density at radius 1 is 1.07 bits per heavy atom. The molecule has 4 rings (SSSR count). The first kappa shape index (κ1) is 20.3. The van der Waals surface area contributed by atoms with E-state index in [1.165, 1.54) is 11.8 Å². The third kappa shape index (κ3) is 4.94. The van der Waals surface area contributed by atoms with Crippen molar-refractivity contribution in [2.45, 2.75) is 24.8 Å². The molecule has 3 aromatic rings. The van der Waals surface area contributed by atoms with E-state index in [0.717, 1.165) is 16.9 Å². The Morgan fingerprint density at radius 3 is 2.60 bits per heavy atom. The number of fused-ring (bicyclic) bond motifs is 1. The summed E-state index contributed by atoms with van der Waals surface area (Å²) < 4.78 is 16.9. The van der Waals surface area contributed by atoms with Crippen molar-refractivity contribution in [1.29, 1.82) is 0 Å². The molecule has 1 amide bonds. The number of nitrogens with zero attached hydrogens (tertiary/aromatic N) is 2. The molecule has 7 nitrogen and oxygen atoms in total. The Hall–Kier alpha value is -3.00. The molecule has 1 aromatic heterocycles. The van der Waals surface area contributed by atoms with Crippen LogP contribution < -0.4 is 14.8 Å². The molecule has 30 heavy (non-hydrogen) atoms. The summed E-state index contributed by atoms with van der Waals surface area (Å²) in [7, 11) is 0. The third-order valence-electron chi connectivity index (χ3n) is 4.44. The average Bonchev–Trinajstić information content (AvgIpc) is 3.25. The van der Waals surface area contributed by atoms with E-state index >= 15 is 0 Å². The smallest absolute Gasteiger partial charge is 0.277 e. The molecule has 1 N–H and O–H groups in total. The summed E-state index contributed by atoms with van der Waals surface area (Å²) >= 11 is 1.45. The maximum Gasteiger partial charge on any atom is 0.277 e. The molecule has 0 bridgehead atoms. The maximum absolute atomic E-state index is 12.1. The number of amides is 1. The molecule has 0 aliphatic carbocycles. The Kier molecular flexibility index (Phi) is 6.23. The minimum absolute atomic E-state index is 0.0520. The molecule has 156 valence electrons. The van der Waals surface area contributed by atoms with Crippen LogP contribution in [0.4, 0.5) is 0 Å². The first-order chi connectivity index (χ1) is 14.6. The summed E-state index contributed by atoms with van der Waals surface area (Å²) in [5.74, 6) is 2.88. The lowest BCUT2D eigenvalue weighted by Crippen LogP contribution is -2.27. The fourth-order valence-corrected chi connectivity index (χ4v) is 3.58. The van der Waals surface area contributed by atoms with Gasteiger partial charge in [0.15, 0.2) is 11.5 Å². The van der Waals surface area contributed by atoms with E-state index < -0.39 is 0 Å². The number of ether oxygens (including phenoxy) is 2. The van der Waals surface area contributed by atoms with Crippen molar-refractivity contribution in [1.82, 2.24) is 15.5 Å². The first-order valence-corrected chi connectivity index (χ1v) is 10.8. The van der Waals surface area contributed by atoms with Crippen LogP contribution in [0.2, 0.25) is 0 Å². The van der Waals surface area contributed by atoms with Crippen molar-refractivity contribution in [3.63, 3.8) is 0 Å². The Morgan fingerprint density at radius 2 is 1.83 bits per heavy atom. The molecule has 0 atom stereocenters. The van der Waals surface area contributed by atoms with Crippen molar-refractivity contribution in [3.8, 4) is 23.0 Å². The minimum atomic E-state index is -0.0520. The van der Waals surface area contributed by atoms with Crippen LogP contribution in [0.1, 0.15) is 29.8 Å². The number of hydrogen-bond acceptors (Lipinski definition) is 7. The lowest BCUT2D eigenvalue weighted by Gasteiger charge is -2.18. The van der Waals surface area contributed by atoms with Crippen LogP contribution in [0, 0.1) is 5.92 Å². The van der Waals surface area contributed by atoms with Crippen LogP contribution >= 0.6 is 11.8 Å². The van der Waals surface area contributed by atoms with Crippen molar-refractivity contribution < 1.29 is 18.7 Å². The van der Waals surface area contributed by atoms with Gasteiger partial charge in [0.1, 0.15) is 13.2 Å². The summed E-state index contributed by atoms with van der Waals surface area (Å²) in [5, 5.41) is 11.7. The van der Waals surface area contributed by atoms with Crippen LogP contribution in [-0.2, 0) is 5.75 Å². The van der Waals surface area contributed by atoms with Gasteiger partial charge in [-0.3, -0.25) is 4.79 Å². The van der Waals surface area contributed by atoms with Crippen molar-refractivity contribution in [3.05, 3.63) is 53.6 Å². The topological polar surface area (TPSA) is 86.5 Å². The molecule has 1 aliphatic heterocycles. The number of nitrogens with one attached hydrogen (secondary N) is 1. The predicted octanol–water partition coefficient (Wildman–Crippen LogP) is 4.19. The van der Waals surface area contributed by atoms with E-state index in [-0.39, 0.29) is 5.91 Å². The number of benzene rings is 2. The van der Waals surface area contributed by atoms with Gasteiger partial charge in [-0.2, -0.15) is 0 Å². The molecule has 0 radical (unpaired) electrons. The second-order valence-electron chi connectivity index (χ2n) is 7.32. The van der Waals surface area contributed by atoms with Gasteiger partial charge in [0.05, 0.1) is 0 Å². The van der Waals surface area contributed by atoms with E-state index in [1.807, 2.05) is 42.5 Å². The number of rotatable bonds is 7. The van der Waals surface area contributed by atoms with Crippen LogP contribution in [0.15, 0.2) is 52.1 Å². The molecule has 0 unspecified atom stereocenters. The van der Waals surface area contributed by atoms with Crippen molar-refractivity contribution >= 4 is 17.7 Å². The number of hydrogen-bond donors (Lipinski definition) is 1. The van der Waals surface area contributed by atoms with Crippen LogP contribution in [0.5, 0.6) is 11.5 Å². The first-order valence-electron chi connectivity index (χ1n) is 9.82. The van der Waals surface area contributed by atoms with Crippen LogP contribution in [-0.4, -0.2) is 35.9 Å². The van der Waals surface area contributed by atoms with Gasteiger partial charge in [0, 0.05) is 23.4 Å². The summed E-state index contributed by atoms with van der Waals surface area (Å²) in [6.45, 7) is 5.88. The predicted molar refractivity (Wildman–Crippen MR) is 114 cm³/mol. The van der Waals surface area contributed by atoms with Gasteiger partial charge in [0.25, 0.3) is 11.1 Å². The van der Waals surface area contributed by atoms with Crippen LogP contribution in [0.3, 0.4) is 0 Å². The lowest BCUT2D eigenvalue weighted by atomic mass is 10.1. The Balaban J connectivity index is 1.35. The Bertz CT molecular complexity index is 1020.